The molecule has 2 aromatic heterocycles. The summed E-state index contributed by atoms with van der Waals surface area (Å²) in [7, 11) is 0. The molecule has 1 aliphatic heterocycles. The van der Waals surface area contributed by atoms with E-state index in [0.29, 0.717) is 35.4 Å². The van der Waals surface area contributed by atoms with Crippen molar-refractivity contribution in [3.05, 3.63) is 82.2 Å². The molecule has 5 nitrogen and oxygen atoms in total. The van der Waals surface area contributed by atoms with Gasteiger partial charge >= 0.3 is 5.78 Å². The Hall–Kier alpha value is -3.34. The first-order chi connectivity index (χ1) is 14.2. The predicted octanol–water partition coefficient (Wildman–Crippen LogP) is 4.63. The number of carbonyl (C=O) groups is 1. The summed E-state index contributed by atoms with van der Waals surface area (Å²) in [5, 5.41) is 0.799. The van der Waals surface area contributed by atoms with Crippen LogP contribution in [0.5, 0.6) is 0 Å². The monoisotopic (exact) mass is 387 g/mol. The van der Waals surface area contributed by atoms with Crippen LogP contribution in [0.25, 0.3) is 22.1 Å². The second-order valence-corrected chi connectivity index (χ2v) is 7.66. The number of carbonyl (C=O) groups excluding carboxylic acids is 1. The van der Waals surface area contributed by atoms with E-state index in [1.54, 1.807) is 24.3 Å². The lowest BCUT2D eigenvalue weighted by molar-refractivity contribution is 0.0659. The third-order valence-corrected chi connectivity index (χ3v) is 5.76. The molecule has 1 fully saturated rings. The van der Waals surface area contributed by atoms with Crippen molar-refractivity contribution < 1.29 is 13.6 Å². The Morgan fingerprint density at radius 2 is 1.66 bits per heavy atom. The number of rotatable bonds is 3. The van der Waals surface area contributed by atoms with Crippen LogP contribution in [0.3, 0.4) is 0 Å². The highest BCUT2D eigenvalue weighted by atomic mass is 16.5. The Bertz CT molecular complexity index is 1230. The number of piperidine rings is 1. The maximum absolute atomic E-state index is 12.9. The fourth-order valence-corrected chi connectivity index (χ4v) is 4.15. The van der Waals surface area contributed by atoms with E-state index in [1.165, 1.54) is 11.6 Å². The highest BCUT2D eigenvalue weighted by Crippen LogP contribution is 2.26. The standard InChI is InChI=1S/C24H21NO4/c26-22-18-8-4-5-9-20(18)28-24-19(22)15-21(29-24)23(27)25-12-10-17(11-13-25)14-16-6-2-1-3-7-16/h1-9,15,17H,10-14H2. The average Bonchev–Trinajstić information content (AvgIpc) is 3.19. The molecule has 0 aliphatic carbocycles. The number of hydrogen-bond acceptors (Lipinski definition) is 4. The predicted molar refractivity (Wildman–Crippen MR) is 111 cm³/mol. The molecule has 3 heterocycles. The number of amides is 1. The van der Waals surface area contributed by atoms with Crippen molar-refractivity contribution in [1.29, 1.82) is 0 Å². The van der Waals surface area contributed by atoms with Crippen molar-refractivity contribution in [3.63, 3.8) is 0 Å². The summed E-state index contributed by atoms with van der Waals surface area (Å²) in [6, 6.07) is 19.0. The summed E-state index contributed by atoms with van der Waals surface area (Å²) < 4.78 is 11.3. The number of fused-ring (bicyclic) bond motifs is 2. The lowest BCUT2D eigenvalue weighted by Crippen LogP contribution is -2.38. The van der Waals surface area contributed by atoms with E-state index in [0.717, 1.165) is 19.3 Å². The van der Waals surface area contributed by atoms with Crippen LogP contribution in [0.4, 0.5) is 0 Å². The second-order valence-electron chi connectivity index (χ2n) is 7.66. The molecule has 2 aromatic carbocycles. The number of likely N-dealkylation sites (tertiary alicyclic amines) is 1. The molecule has 0 radical (unpaired) electrons. The van der Waals surface area contributed by atoms with E-state index in [4.69, 9.17) is 8.83 Å². The van der Waals surface area contributed by atoms with Gasteiger partial charge in [0.2, 0.25) is 5.43 Å². The van der Waals surface area contributed by atoms with Crippen molar-refractivity contribution in [2.45, 2.75) is 19.3 Å². The molecular weight excluding hydrogens is 366 g/mol. The zero-order valence-electron chi connectivity index (χ0n) is 16.0. The molecule has 1 amide bonds. The molecule has 0 spiro atoms. The van der Waals surface area contributed by atoms with Gasteiger partial charge in [0.1, 0.15) is 11.0 Å². The van der Waals surface area contributed by atoms with Gasteiger partial charge in [0.25, 0.3) is 5.91 Å². The van der Waals surface area contributed by atoms with Crippen LogP contribution in [-0.4, -0.2) is 23.9 Å². The smallest absolute Gasteiger partial charge is 0.302 e. The third-order valence-electron chi connectivity index (χ3n) is 5.76. The minimum atomic E-state index is -0.182. The number of para-hydroxylation sites is 1. The van der Waals surface area contributed by atoms with Gasteiger partial charge in [0, 0.05) is 19.2 Å². The van der Waals surface area contributed by atoms with E-state index in [1.807, 2.05) is 11.0 Å². The van der Waals surface area contributed by atoms with Crippen LogP contribution in [0, 0.1) is 5.92 Å². The van der Waals surface area contributed by atoms with E-state index in [-0.39, 0.29) is 22.9 Å². The molecule has 0 N–H and O–H groups in total. The summed E-state index contributed by atoms with van der Waals surface area (Å²) >= 11 is 0. The van der Waals surface area contributed by atoms with Crippen LogP contribution in [0.2, 0.25) is 0 Å². The van der Waals surface area contributed by atoms with Gasteiger partial charge in [-0.3, -0.25) is 9.59 Å². The Morgan fingerprint density at radius 1 is 0.931 bits per heavy atom. The van der Waals surface area contributed by atoms with Crippen LogP contribution in [-0.2, 0) is 6.42 Å². The minimum Gasteiger partial charge on any atom is -0.425 e. The lowest BCUT2D eigenvalue weighted by atomic mass is 9.90. The topological polar surface area (TPSA) is 63.7 Å². The van der Waals surface area contributed by atoms with Crippen LogP contribution in [0.1, 0.15) is 29.0 Å². The molecule has 0 atom stereocenters. The van der Waals surface area contributed by atoms with Crippen LogP contribution < -0.4 is 5.43 Å². The molecular formula is C24H21NO4. The number of hydrogen-bond donors (Lipinski definition) is 0. The number of benzene rings is 2. The average molecular weight is 387 g/mol. The SMILES string of the molecule is O=C(c1cc2c(=O)c3ccccc3oc2o1)N1CCC(Cc2ccccc2)CC1. The van der Waals surface area contributed by atoms with Gasteiger partial charge in [0.15, 0.2) is 5.76 Å². The molecule has 0 unspecified atom stereocenters. The van der Waals surface area contributed by atoms with Gasteiger partial charge in [-0.1, -0.05) is 42.5 Å². The fourth-order valence-electron chi connectivity index (χ4n) is 4.15. The second kappa shape index (κ2) is 7.24. The van der Waals surface area contributed by atoms with Gasteiger partial charge < -0.3 is 13.7 Å². The third kappa shape index (κ3) is 3.33. The highest BCUT2D eigenvalue weighted by Gasteiger charge is 2.27. The minimum absolute atomic E-state index is 0.107. The number of nitrogens with zero attached hydrogens (tertiary/aromatic N) is 1. The number of furan rings is 1. The summed E-state index contributed by atoms with van der Waals surface area (Å²) in [5.41, 5.74) is 1.62. The van der Waals surface area contributed by atoms with Gasteiger partial charge in [0.05, 0.1) is 5.39 Å². The first kappa shape index (κ1) is 17.7. The zero-order valence-corrected chi connectivity index (χ0v) is 16.0. The molecule has 146 valence electrons. The van der Waals surface area contributed by atoms with Crippen molar-refractivity contribution in [2.75, 3.05) is 13.1 Å². The van der Waals surface area contributed by atoms with Crippen LogP contribution >= 0.6 is 0 Å². The Morgan fingerprint density at radius 3 is 2.45 bits per heavy atom. The maximum Gasteiger partial charge on any atom is 0.302 e. The van der Waals surface area contributed by atoms with Gasteiger partial charge in [-0.15, -0.1) is 0 Å². The van der Waals surface area contributed by atoms with E-state index in [9.17, 15) is 9.59 Å². The Labute approximate surface area is 167 Å². The summed E-state index contributed by atoms with van der Waals surface area (Å²) in [6.45, 7) is 1.38. The van der Waals surface area contributed by atoms with Crippen molar-refractivity contribution in [2.24, 2.45) is 5.92 Å². The highest BCUT2D eigenvalue weighted by molar-refractivity contribution is 5.97. The van der Waals surface area contributed by atoms with E-state index in [2.05, 4.69) is 24.3 Å². The van der Waals surface area contributed by atoms with Crippen LogP contribution in [0.15, 0.2) is 74.3 Å². The Balaban J connectivity index is 1.33. The zero-order chi connectivity index (χ0) is 19.8. The molecule has 4 aromatic rings. The first-order valence-corrected chi connectivity index (χ1v) is 9.97. The lowest BCUT2D eigenvalue weighted by Gasteiger charge is -2.31. The summed E-state index contributed by atoms with van der Waals surface area (Å²) in [4.78, 5) is 27.4. The molecule has 1 saturated heterocycles. The fraction of sp³-hybridized carbons (Fsp3) is 0.250. The van der Waals surface area contributed by atoms with Gasteiger partial charge in [-0.05, 0) is 42.9 Å². The largest absolute Gasteiger partial charge is 0.425 e. The quantitative estimate of drug-likeness (QED) is 0.514. The summed E-state index contributed by atoms with van der Waals surface area (Å²) in [5.74, 6) is 0.664. The normalized spacial score (nSPS) is 15.2. The maximum atomic E-state index is 12.9. The molecule has 5 rings (SSSR count). The van der Waals surface area contributed by atoms with Gasteiger partial charge in [-0.2, -0.15) is 0 Å². The van der Waals surface area contributed by atoms with Crippen molar-refractivity contribution in [1.82, 2.24) is 4.90 Å². The van der Waals surface area contributed by atoms with Crippen molar-refractivity contribution >= 4 is 28.0 Å². The molecule has 0 saturated carbocycles. The van der Waals surface area contributed by atoms with E-state index < -0.39 is 0 Å². The van der Waals surface area contributed by atoms with Gasteiger partial charge in [-0.25, -0.2) is 0 Å². The van der Waals surface area contributed by atoms with Crippen molar-refractivity contribution in [3.8, 4) is 0 Å². The molecule has 0 bridgehead atoms. The van der Waals surface area contributed by atoms with E-state index >= 15 is 0 Å². The first-order valence-electron chi connectivity index (χ1n) is 9.97. The summed E-state index contributed by atoms with van der Waals surface area (Å²) in [6.07, 6.45) is 2.96. The molecule has 1 aliphatic rings. The molecule has 29 heavy (non-hydrogen) atoms. The Kier molecular flexibility index (Phi) is 4.43. The molecule has 5 heteroatoms.